The second kappa shape index (κ2) is 3.48. The second-order valence-electron chi connectivity index (χ2n) is 3.66. The molecule has 2 aromatic carbocycles. The molecule has 0 atom stereocenters. The molecule has 1 heterocycles. The smallest absolute Gasteiger partial charge is 0.389 e. The first-order valence-electron chi connectivity index (χ1n) is 5.09. The molecule has 0 fully saturated rings. The van der Waals surface area contributed by atoms with Gasteiger partial charge in [-0.15, -0.1) is 5.10 Å². The van der Waals surface area contributed by atoms with Crippen molar-refractivity contribution in [3.05, 3.63) is 36.4 Å². The van der Waals surface area contributed by atoms with E-state index in [2.05, 4.69) is 10.2 Å². The Labute approximate surface area is 96.2 Å². The Morgan fingerprint density at radius 1 is 1.24 bits per heavy atom. The predicted molar refractivity (Wildman–Crippen MR) is 63.8 cm³/mol. The summed E-state index contributed by atoms with van der Waals surface area (Å²) in [6.07, 6.45) is -0.869. The van der Waals surface area contributed by atoms with Crippen LogP contribution >= 0.6 is 0 Å². The van der Waals surface area contributed by atoms with Gasteiger partial charge in [-0.1, -0.05) is 30.3 Å². The molecule has 84 valence electrons. The zero-order chi connectivity index (χ0) is 11.8. The van der Waals surface area contributed by atoms with Gasteiger partial charge in [-0.05, 0) is 16.8 Å². The van der Waals surface area contributed by atoms with Crippen LogP contribution < -0.4 is 10.5 Å². The summed E-state index contributed by atoms with van der Waals surface area (Å²) in [6.45, 7) is 0. The highest BCUT2D eigenvalue weighted by Crippen LogP contribution is 2.30. The van der Waals surface area contributed by atoms with E-state index >= 15 is 0 Å². The minimum atomic E-state index is -0.869. The summed E-state index contributed by atoms with van der Waals surface area (Å²) >= 11 is 0. The Kier molecular flexibility index (Phi) is 1.98. The number of nitrogens with one attached hydrogen (secondary N) is 1. The van der Waals surface area contributed by atoms with E-state index in [9.17, 15) is 4.79 Å². The number of rotatable bonds is 1. The van der Waals surface area contributed by atoms with Gasteiger partial charge < -0.3 is 10.5 Å². The van der Waals surface area contributed by atoms with Crippen molar-refractivity contribution in [2.75, 3.05) is 0 Å². The molecule has 0 aliphatic heterocycles. The fourth-order valence-corrected chi connectivity index (χ4v) is 1.93. The summed E-state index contributed by atoms with van der Waals surface area (Å²) < 4.78 is 4.87. The van der Waals surface area contributed by atoms with E-state index in [1.165, 1.54) is 0 Å². The third kappa shape index (κ3) is 1.48. The van der Waals surface area contributed by atoms with Gasteiger partial charge in [0, 0.05) is 0 Å². The van der Waals surface area contributed by atoms with Crippen LogP contribution in [0.15, 0.2) is 36.4 Å². The van der Waals surface area contributed by atoms with Crippen LogP contribution in [-0.4, -0.2) is 16.3 Å². The summed E-state index contributed by atoms with van der Waals surface area (Å²) in [4.78, 5) is 10.8. The highest BCUT2D eigenvalue weighted by molar-refractivity contribution is 6.09. The molecule has 3 N–H and O–H groups in total. The number of primary amides is 1. The molecule has 0 bridgehead atoms. The summed E-state index contributed by atoms with van der Waals surface area (Å²) in [5.41, 5.74) is 5.81. The molecule has 5 heteroatoms. The molecule has 0 saturated carbocycles. The van der Waals surface area contributed by atoms with E-state index in [4.69, 9.17) is 10.5 Å². The molecule has 0 aliphatic rings. The van der Waals surface area contributed by atoms with Gasteiger partial charge >= 0.3 is 6.09 Å². The van der Waals surface area contributed by atoms with Crippen LogP contribution in [0.4, 0.5) is 4.79 Å². The molecule has 17 heavy (non-hydrogen) atoms. The van der Waals surface area contributed by atoms with Crippen LogP contribution in [0.2, 0.25) is 0 Å². The number of aromatic nitrogens is 2. The van der Waals surface area contributed by atoms with Crippen molar-refractivity contribution < 1.29 is 9.53 Å². The highest BCUT2D eigenvalue weighted by Gasteiger charge is 2.12. The molecule has 1 aromatic heterocycles. The molecule has 3 aromatic rings. The van der Waals surface area contributed by atoms with Gasteiger partial charge in [0.2, 0.25) is 0 Å². The lowest BCUT2D eigenvalue weighted by Crippen LogP contribution is -2.16. The molecule has 0 radical (unpaired) electrons. The normalized spacial score (nSPS) is 10.8. The van der Waals surface area contributed by atoms with Gasteiger partial charge in [0.1, 0.15) is 0 Å². The average molecular weight is 227 g/mol. The van der Waals surface area contributed by atoms with E-state index in [1.807, 2.05) is 36.4 Å². The first-order chi connectivity index (χ1) is 8.25. The third-order valence-electron chi connectivity index (χ3n) is 2.62. The van der Waals surface area contributed by atoms with Gasteiger partial charge in [-0.3, -0.25) is 5.10 Å². The average Bonchev–Trinajstić information content (AvgIpc) is 2.72. The third-order valence-corrected chi connectivity index (χ3v) is 2.62. The maximum Gasteiger partial charge on any atom is 0.411 e. The molecule has 0 spiro atoms. The number of amides is 1. The van der Waals surface area contributed by atoms with E-state index in [-0.39, 0.29) is 5.88 Å². The SMILES string of the molecule is NC(=O)Oc1n[nH]c2ccc3ccccc3c12. The number of nitrogens with zero attached hydrogens (tertiary/aromatic N) is 1. The fourth-order valence-electron chi connectivity index (χ4n) is 1.93. The maximum atomic E-state index is 10.8. The largest absolute Gasteiger partial charge is 0.411 e. The Morgan fingerprint density at radius 2 is 2.06 bits per heavy atom. The molecule has 5 nitrogen and oxygen atoms in total. The standard InChI is InChI=1S/C12H9N3O2/c13-12(16)17-11-10-8-4-2-1-3-7(8)5-6-9(10)14-15-11/h1-6H,(H2,13,16)(H,14,15). The van der Waals surface area contributed by atoms with Gasteiger partial charge in [-0.25, -0.2) is 4.79 Å². The van der Waals surface area contributed by atoms with Crippen molar-refractivity contribution in [3.63, 3.8) is 0 Å². The summed E-state index contributed by atoms with van der Waals surface area (Å²) in [5, 5.41) is 9.53. The molecular weight excluding hydrogens is 218 g/mol. The Bertz CT molecular complexity index is 718. The minimum Gasteiger partial charge on any atom is -0.389 e. The minimum absolute atomic E-state index is 0.212. The Morgan fingerprint density at radius 3 is 2.88 bits per heavy atom. The monoisotopic (exact) mass is 227 g/mol. The van der Waals surface area contributed by atoms with E-state index in [0.717, 1.165) is 21.7 Å². The van der Waals surface area contributed by atoms with Crippen LogP contribution in [0.3, 0.4) is 0 Å². The first-order valence-corrected chi connectivity index (χ1v) is 5.09. The fraction of sp³-hybridized carbons (Fsp3) is 0. The van der Waals surface area contributed by atoms with Crippen LogP contribution in [-0.2, 0) is 0 Å². The van der Waals surface area contributed by atoms with Crippen molar-refractivity contribution in [2.24, 2.45) is 5.73 Å². The van der Waals surface area contributed by atoms with Crippen molar-refractivity contribution in [3.8, 4) is 5.88 Å². The quantitative estimate of drug-likeness (QED) is 0.668. The summed E-state index contributed by atoms with van der Waals surface area (Å²) in [6, 6.07) is 11.7. The number of benzene rings is 2. The number of nitrogens with two attached hydrogens (primary N) is 1. The number of ether oxygens (including phenoxy) is 1. The van der Waals surface area contributed by atoms with Crippen LogP contribution in [0.25, 0.3) is 21.7 Å². The lowest BCUT2D eigenvalue weighted by atomic mass is 10.1. The Hall–Kier alpha value is -2.56. The second-order valence-corrected chi connectivity index (χ2v) is 3.66. The Balaban J connectivity index is 2.38. The van der Waals surface area contributed by atoms with E-state index in [1.54, 1.807) is 0 Å². The number of carbonyl (C=O) groups excluding carboxylic acids is 1. The number of carbonyl (C=O) groups is 1. The number of aromatic amines is 1. The van der Waals surface area contributed by atoms with Crippen LogP contribution in [0, 0.1) is 0 Å². The van der Waals surface area contributed by atoms with Crippen molar-refractivity contribution >= 4 is 27.8 Å². The number of H-pyrrole nitrogens is 1. The molecule has 1 amide bonds. The van der Waals surface area contributed by atoms with Crippen LogP contribution in [0.1, 0.15) is 0 Å². The van der Waals surface area contributed by atoms with Crippen molar-refractivity contribution in [1.29, 1.82) is 0 Å². The molecule has 0 saturated heterocycles. The van der Waals surface area contributed by atoms with E-state index in [0.29, 0.717) is 0 Å². The maximum absolute atomic E-state index is 10.8. The predicted octanol–water partition coefficient (Wildman–Crippen LogP) is 2.17. The van der Waals surface area contributed by atoms with Crippen molar-refractivity contribution in [2.45, 2.75) is 0 Å². The molecule has 0 unspecified atom stereocenters. The lowest BCUT2D eigenvalue weighted by molar-refractivity contribution is 0.209. The zero-order valence-corrected chi connectivity index (χ0v) is 8.81. The van der Waals surface area contributed by atoms with Gasteiger partial charge in [0.25, 0.3) is 5.88 Å². The summed E-state index contributed by atoms with van der Waals surface area (Å²) in [7, 11) is 0. The van der Waals surface area contributed by atoms with E-state index < -0.39 is 6.09 Å². The zero-order valence-electron chi connectivity index (χ0n) is 8.81. The first kappa shape index (κ1) is 9.65. The lowest BCUT2D eigenvalue weighted by Gasteiger charge is -2.00. The van der Waals surface area contributed by atoms with Crippen LogP contribution in [0.5, 0.6) is 5.88 Å². The molecule has 3 rings (SSSR count). The van der Waals surface area contributed by atoms with Gasteiger partial charge in [0.15, 0.2) is 0 Å². The highest BCUT2D eigenvalue weighted by atomic mass is 16.6. The number of hydrogen-bond acceptors (Lipinski definition) is 3. The molecular formula is C12H9N3O2. The van der Waals surface area contributed by atoms with Crippen molar-refractivity contribution in [1.82, 2.24) is 10.2 Å². The van der Waals surface area contributed by atoms with Gasteiger partial charge in [0.05, 0.1) is 10.9 Å². The van der Waals surface area contributed by atoms with Gasteiger partial charge in [-0.2, -0.15) is 0 Å². The summed E-state index contributed by atoms with van der Waals surface area (Å²) in [5.74, 6) is 0.212. The molecule has 0 aliphatic carbocycles. The number of fused-ring (bicyclic) bond motifs is 3. The topological polar surface area (TPSA) is 81.0 Å². The number of hydrogen-bond donors (Lipinski definition) is 2.